The predicted molar refractivity (Wildman–Crippen MR) is 105 cm³/mol. The van der Waals surface area contributed by atoms with Crippen LogP contribution in [0.5, 0.6) is 0 Å². The number of hydrogen-bond acceptors (Lipinski definition) is 6. The minimum atomic E-state index is 0.598. The Morgan fingerprint density at radius 1 is 1.07 bits per heavy atom. The second-order valence-electron chi connectivity index (χ2n) is 6.82. The molecule has 0 saturated carbocycles. The fourth-order valence-electron chi connectivity index (χ4n) is 3.57. The average Bonchev–Trinajstić information content (AvgIpc) is 3.18. The standard InChI is InChI=1S/C21H25N5O/c1-3-26(4-2)19-10-9-17(13-22-19)21-23-20(27-24-21)15-25-12-11-16-7-5-6-8-18(16)14-25/h5-10,13H,3-4,11-12,14-15H2,1-2H3. The first-order valence-electron chi connectivity index (χ1n) is 9.60. The molecule has 0 saturated heterocycles. The van der Waals surface area contributed by atoms with Crippen molar-refractivity contribution in [1.29, 1.82) is 0 Å². The Balaban J connectivity index is 1.43. The summed E-state index contributed by atoms with van der Waals surface area (Å²) < 4.78 is 5.49. The van der Waals surface area contributed by atoms with Gasteiger partial charge >= 0.3 is 0 Å². The Morgan fingerprint density at radius 3 is 2.63 bits per heavy atom. The molecule has 2 aromatic heterocycles. The van der Waals surface area contributed by atoms with Gasteiger partial charge in [0.05, 0.1) is 6.54 Å². The molecule has 1 aliphatic rings. The maximum absolute atomic E-state index is 5.49. The highest BCUT2D eigenvalue weighted by Crippen LogP contribution is 2.22. The van der Waals surface area contributed by atoms with Crippen molar-refractivity contribution in [3.8, 4) is 11.4 Å². The molecule has 27 heavy (non-hydrogen) atoms. The van der Waals surface area contributed by atoms with E-state index in [0.717, 1.165) is 44.0 Å². The van der Waals surface area contributed by atoms with Crippen LogP contribution in [0.4, 0.5) is 5.82 Å². The molecule has 0 amide bonds. The monoisotopic (exact) mass is 363 g/mol. The third-order valence-electron chi connectivity index (χ3n) is 5.13. The van der Waals surface area contributed by atoms with Crippen LogP contribution in [0.3, 0.4) is 0 Å². The molecule has 3 aromatic rings. The largest absolute Gasteiger partial charge is 0.357 e. The van der Waals surface area contributed by atoms with Crippen LogP contribution in [0, 0.1) is 0 Å². The highest BCUT2D eigenvalue weighted by Gasteiger charge is 2.19. The molecule has 0 aliphatic carbocycles. The molecule has 1 aromatic carbocycles. The van der Waals surface area contributed by atoms with Gasteiger partial charge in [-0.2, -0.15) is 4.98 Å². The van der Waals surface area contributed by atoms with E-state index in [-0.39, 0.29) is 0 Å². The van der Waals surface area contributed by atoms with E-state index in [1.807, 2.05) is 18.3 Å². The van der Waals surface area contributed by atoms with E-state index >= 15 is 0 Å². The second-order valence-corrected chi connectivity index (χ2v) is 6.82. The van der Waals surface area contributed by atoms with Crippen molar-refractivity contribution in [2.45, 2.75) is 33.4 Å². The number of aromatic nitrogens is 3. The molecule has 0 bridgehead atoms. The summed E-state index contributed by atoms with van der Waals surface area (Å²) in [5, 5.41) is 4.14. The third-order valence-corrected chi connectivity index (χ3v) is 5.13. The summed E-state index contributed by atoms with van der Waals surface area (Å²) in [6.07, 6.45) is 2.88. The molecule has 0 atom stereocenters. The Hall–Kier alpha value is -2.73. The lowest BCUT2D eigenvalue weighted by molar-refractivity contribution is 0.210. The van der Waals surface area contributed by atoms with Crippen LogP contribution >= 0.6 is 0 Å². The van der Waals surface area contributed by atoms with E-state index in [9.17, 15) is 0 Å². The van der Waals surface area contributed by atoms with Crippen molar-refractivity contribution < 1.29 is 4.52 Å². The van der Waals surface area contributed by atoms with Crippen LogP contribution < -0.4 is 4.90 Å². The van der Waals surface area contributed by atoms with Gasteiger partial charge in [-0.25, -0.2) is 4.98 Å². The molecule has 4 rings (SSSR count). The minimum Gasteiger partial charge on any atom is -0.357 e. The molecular formula is C21H25N5O. The van der Waals surface area contributed by atoms with Crippen molar-refractivity contribution >= 4 is 5.82 Å². The van der Waals surface area contributed by atoms with Gasteiger partial charge in [0, 0.05) is 37.9 Å². The lowest BCUT2D eigenvalue weighted by atomic mass is 10.00. The molecule has 140 valence electrons. The lowest BCUT2D eigenvalue weighted by Gasteiger charge is -2.27. The summed E-state index contributed by atoms with van der Waals surface area (Å²) >= 11 is 0. The minimum absolute atomic E-state index is 0.598. The second kappa shape index (κ2) is 7.88. The van der Waals surface area contributed by atoms with Gasteiger partial charge in [-0.1, -0.05) is 29.4 Å². The van der Waals surface area contributed by atoms with Gasteiger partial charge in [0.2, 0.25) is 11.7 Å². The van der Waals surface area contributed by atoms with Gasteiger partial charge in [-0.05, 0) is 43.5 Å². The van der Waals surface area contributed by atoms with Gasteiger partial charge in [0.25, 0.3) is 0 Å². The van der Waals surface area contributed by atoms with Gasteiger partial charge in [-0.3, -0.25) is 4.90 Å². The molecule has 6 nitrogen and oxygen atoms in total. The highest BCUT2D eigenvalue weighted by atomic mass is 16.5. The first-order chi connectivity index (χ1) is 13.3. The van der Waals surface area contributed by atoms with Crippen molar-refractivity contribution in [2.24, 2.45) is 0 Å². The van der Waals surface area contributed by atoms with Crippen molar-refractivity contribution in [1.82, 2.24) is 20.0 Å². The van der Waals surface area contributed by atoms with Crippen LogP contribution in [-0.4, -0.2) is 39.7 Å². The van der Waals surface area contributed by atoms with Crippen LogP contribution in [0.25, 0.3) is 11.4 Å². The maximum Gasteiger partial charge on any atom is 0.241 e. The van der Waals surface area contributed by atoms with Crippen LogP contribution in [-0.2, 0) is 19.5 Å². The van der Waals surface area contributed by atoms with Gasteiger partial charge < -0.3 is 9.42 Å². The summed E-state index contributed by atoms with van der Waals surface area (Å²) in [5.41, 5.74) is 3.71. The van der Waals surface area contributed by atoms with E-state index in [1.54, 1.807) is 0 Å². The van der Waals surface area contributed by atoms with Crippen molar-refractivity contribution in [2.75, 3.05) is 24.5 Å². The number of rotatable bonds is 6. The number of anilines is 1. The fraction of sp³-hybridized carbons (Fsp3) is 0.381. The van der Waals surface area contributed by atoms with Crippen LogP contribution in [0.1, 0.15) is 30.9 Å². The number of hydrogen-bond donors (Lipinski definition) is 0. The molecule has 3 heterocycles. The molecule has 0 unspecified atom stereocenters. The van der Waals surface area contributed by atoms with Crippen molar-refractivity contribution in [3.63, 3.8) is 0 Å². The van der Waals surface area contributed by atoms with E-state index in [4.69, 9.17) is 4.52 Å². The fourth-order valence-corrected chi connectivity index (χ4v) is 3.57. The quantitative estimate of drug-likeness (QED) is 0.668. The Labute approximate surface area is 159 Å². The smallest absolute Gasteiger partial charge is 0.241 e. The zero-order valence-electron chi connectivity index (χ0n) is 15.9. The average molecular weight is 363 g/mol. The Bertz CT molecular complexity index is 886. The normalized spacial score (nSPS) is 14.1. The van der Waals surface area contributed by atoms with E-state index < -0.39 is 0 Å². The van der Waals surface area contributed by atoms with E-state index in [1.165, 1.54) is 11.1 Å². The Morgan fingerprint density at radius 2 is 1.89 bits per heavy atom. The summed E-state index contributed by atoms with van der Waals surface area (Å²) in [5.74, 6) is 2.22. The van der Waals surface area contributed by atoms with Crippen molar-refractivity contribution in [3.05, 3.63) is 59.6 Å². The van der Waals surface area contributed by atoms with Crippen LogP contribution in [0.2, 0.25) is 0 Å². The molecule has 0 radical (unpaired) electrons. The zero-order chi connectivity index (χ0) is 18.6. The summed E-state index contributed by atoms with van der Waals surface area (Å²) in [6.45, 7) is 8.74. The summed E-state index contributed by atoms with van der Waals surface area (Å²) in [7, 11) is 0. The van der Waals surface area contributed by atoms with E-state index in [0.29, 0.717) is 18.3 Å². The molecule has 6 heteroatoms. The zero-order valence-corrected chi connectivity index (χ0v) is 15.9. The summed E-state index contributed by atoms with van der Waals surface area (Å²) in [6, 6.07) is 12.6. The number of nitrogens with zero attached hydrogens (tertiary/aromatic N) is 5. The molecule has 0 N–H and O–H groups in total. The first-order valence-corrected chi connectivity index (χ1v) is 9.60. The Kier molecular flexibility index (Phi) is 5.16. The molecule has 0 spiro atoms. The number of benzene rings is 1. The lowest BCUT2D eigenvalue weighted by Crippen LogP contribution is -2.30. The predicted octanol–water partition coefficient (Wildman–Crippen LogP) is 3.54. The third kappa shape index (κ3) is 3.85. The highest BCUT2D eigenvalue weighted by molar-refractivity contribution is 5.55. The van der Waals surface area contributed by atoms with Gasteiger partial charge in [0.1, 0.15) is 5.82 Å². The maximum atomic E-state index is 5.49. The van der Waals surface area contributed by atoms with Gasteiger partial charge in [0.15, 0.2) is 0 Å². The SMILES string of the molecule is CCN(CC)c1ccc(-c2noc(CN3CCc4ccccc4C3)n2)cn1. The topological polar surface area (TPSA) is 58.3 Å². The number of pyridine rings is 1. The molecular weight excluding hydrogens is 338 g/mol. The summed E-state index contributed by atoms with van der Waals surface area (Å²) in [4.78, 5) is 13.7. The van der Waals surface area contributed by atoms with Gasteiger partial charge in [-0.15, -0.1) is 0 Å². The van der Waals surface area contributed by atoms with Crippen LogP contribution in [0.15, 0.2) is 47.1 Å². The van der Waals surface area contributed by atoms with E-state index in [2.05, 4.69) is 63.0 Å². The molecule has 0 fully saturated rings. The number of fused-ring (bicyclic) bond motifs is 1. The molecule has 1 aliphatic heterocycles. The first kappa shape index (κ1) is 17.7.